The lowest BCUT2D eigenvalue weighted by Gasteiger charge is -2.11. The van der Waals surface area contributed by atoms with Crippen molar-refractivity contribution in [1.29, 1.82) is 0 Å². The third-order valence-electron chi connectivity index (χ3n) is 3.44. The van der Waals surface area contributed by atoms with E-state index in [0.717, 1.165) is 18.8 Å². The molecule has 1 aliphatic carbocycles. The largest absolute Gasteiger partial charge is 0.281 e. The van der Waals surface area contributed by atoms with Gasteiger partial charge in [-0.1, -0.05) is 13.3 Å². The minimum atomic E-state index is -3.40. The van der Waals surface area contributed by atoms with Gasteiger partial charge in [-0.25, -0.2) is 13.1 Å². The van der Waals surface area contributed by atoms with Crippen LogP contribution in [0.2, 0.25) is 0 Å². The third-order valence-corrected chi connectivity index (χ3v) is 4.98. The zero-order valence-corrected chi connectivity index (χ0v) is 11.0. The van der Waals surface area contributed by atoms with Crippen LogP contribution in [0.15, 0.2) is 11.1 Å². The summed E-state index contributed by atoms with van der Waals surface area (Å²) >= 11 is 0. The first kappa shape index (κ1) is 12.6. The third kappa shape index (κ3) is 2.87. The molecule has 1 aromatic rings. The fraction of sp³-hybridized carbons (Fsp3) is 0.727. The first-order valence-electron chi connectivity index (χ1n) is 5.98. The lowest BCUT2D eigenvalue weighted by molar-refractivity contribution is 0.498. The predicted molar refractivity (Wildman–Crippen MR) is 65.0 cm³/mol. The van der Waals surface area contributed by atoms with Gasteiger partial charge in [0.05, 0.1) is 11.9 Å². The van der Waals surface area contributed by atoms with Crippen molar-refractivity contribution >= 4 is 10.0 Å². The molecular weight excluding hydrogens is 238 g/mol. The summed E-state index contributed by atoms with van der Waals surface area (Å²) in [6.07, 6.45) is 4.80. The molecule has 96 valence electrons. The van der Waals surface area contributed by atoms with Gasteiger partial charge < -0.3 is 0 Å². The summed E-state index contributed by atoms with van der Waals surface area (Å²) in [6.45, 7) is 4.46. The fourth-order valence-corrected chi connectivity index (χ4v) is 3.68. The molecule has 1 aliphatic rings. The quantitative estimate of drug-likeness (QED) is 0.857. The standard InChI is InChI=1S/C11H19N3O2S/c1-8-3-4-10(5-8)6-13-17(15,16)11-7-12-14-9(11)2/h7-8,10,13H,3-6H2,1-2H3,(H,12,14). The number of nitrogens with one attached hydrogen (secondary N) is 2. The van der Waals surface area contributed by atoms with E-state index in [0.29, 0.717) is 18.2 Å². The molecule has 17 heavy (non-hydrogen) atoms. The molecule has 0 amide bonds. The van der Waals surface area contributed by atoms with Gasteiger partial charge in [-0.2, -0.15) is 5.10 Å². The number of nitrogens with zero attached hydrogens (tertiary/aromatic N) is 1. The Morgan fingerprint density at radius 1 is 1.53 bits per heavy atom. The zero-order chi connectivity index (χ0) is 12.5. The minimum absolute atomic E-state index is 0.253. The van der Waals surface area contributed by atoms with Gasteiger partial charge in [-0.15, -0.1) is 0 Å². The van der Waals surface area contributed by atoms with E-state index in [2.05, 4.69) is 21.8 Å². The average Bonchev–Trinajstić information content (AvgIpc) is 2.85. The summed E-state index contributed by atoms with van der Waals surface area (Å²) in [6, 6.07) is 0. The number of aromatic amines is 1. The van der Waals surface area contributed by atoms with E-state index >= 15 is 0 Å². The molecule has 0 aliphatic heterocycles. The summed E-state index contributed by atoms with van der Waals surface area (Å²) in [7, 11) is -3.40. The maximum absolute atomic E-state index is 12.0. The fourth-order valence-electron chi connectivity index (χ4n) is 2.43. The summed E-state index contributed by atoms with van der Waals surface area (Å²) in [5.74, 6) is 1.20. The van der Waals surface area contributed by atoms with Gasteiger partial charge in [0.15, 0.2) is 0 Å². The first-order valence-corrected chi connectivity index (χ1v) is 7.47. The molecule has 2 atom stereocenters. The number of aromatic nitrogens is 2. The Hall–Kier alpha value is -0.880. The average molecular weight is 257 g/mol. The Balaban J connectivity index is 1.97. The molecule has 0 bridgehead atoms. The summed E-state index contributed by atoms with van der Waals surface area (Å²) in [5.41, 5.74) is 0.581. The van der Waals surface area contributed by atoms with E-state index in [4.69, 9.17) is 0 Å². The number of hydrogen-bond donors (Lipinski definition) is 2. The van der Waals surface area contributed by atoms with E-state index in [1.807, 2.05) is 0 Å². The highest BCUT2D eigenvalue weighted by Crippen LogP contribution is 2.29. The molecule has 2 unspecified atom stereocenters. The highest BCUT2D eigenvalue weighted by atomic mass is 32.2. The summed E-state index contributed by atoms with van der Waals surface area (Å²) in [5, 5.41) is 6.38. The van der Waals surface area contributed by atoms with Crippen LogP contribution in [0.1, 0.15) is 31.9 Å². The highest BCUT2D eigenvalue weighted by Gasteiger charge is 2.24. The molecule has 0 spiro atoms. The van der Waals surface area contributed by atoms with E-state index in [-0.39, 0.29) is 4.90 Å². The molecule has 0 saturated heterocycles. The molecule has 2 N–H and O–H groups in total. The number of rotatable bonds is 4. The van der Waals surface area contributed by atoms with Crippen LogP contribution in [0.4, 0.5) is 0 Å². The van der Waals surface area contributed by atoms with Crippen LogP contribution in [0.3, 0.4) is 0 Å². The van der Waals surface area contributed by atoms with Crippen LogP contribution >= 0.6 is 0 Å². The van der Waals surface area contributed by atoms with Gasteiger partial charge in [-0.05, 0) is 31.6 Å². The van der Waals surface area contributed by atoms with Crippen molar-refractivity contribution in [3.63, 3.8) is 0 Å². The van der Waals surface area contributed by atoms with Gasteiger partial charge in [0.2, 0.25) is 10.0 Å². The lowest BCUT2D eigenvalue weighted by Crippen LogP contribution is -2.28. The second kappa shape index (κ2) is 4.78. The molecule has 0 radical (unpaired) electrons. The van der Waals surface area contributed by atoms with Gasteiger partial charge in [0, 0.05) is 6.54 Å². The molecule has 0 aromatic carbocycles. The van der Waals surface area contributed by atoms with Crippen molar-refractivity contribution in [2.45, 2.75) is 38.0 Å². The van der Waals surface area contributed by atoms with Crippen LogP contribution in [-0.2, 0) is 10.0 Å². The van der Waals surface area contributed by atoms with Crippen LogP contribution in [0, 0.1) is 18.8 Å². The Labute approximate surface area is 102 Å². The number of hydrogen-bond acceptors (Lipinski definition) is 3. The van der Waals surface area contributed by atoms with Crippen LogP contribution in [0.5, 0.6) is 0 Å². The Morgan fingerprint density at radius 3 is 2.82 bits per heavy atom. The number of aryl methyl sites for hydroxylation is 1. The molecule has 5 nitrogen and oxygen atoms in total. The SMILES string of the molecule is Cc1[nH]ncc1S(=O)(=O)NCC1CCC(C)C1. The number of H-pyrrole nitrogens is 1. The Kier molecular flexibility index (Phi) is 3.53. The molecule has 1 saturated carbocycles. The van der Waals surface area contributed by atoms with Crippen molar-refractivity contribution in [1.82, 2.24) is 14.9 Å². The minimum Gasteiger partial charge on any atom is -0.281 e. The lowest BCUT2D eigenvalue weighted by atomic mass is 10.1. The van der Waals surface area contributed by atoms with Crippen LogP contribution in [0.25, 0.3) is 0 Å². The first-order chi connectivity index (χ1) is 7.99. The van der Waals surface area contributed by atoms with E-state index in [1.165, 1.54) is 12.6 Å². The maximum atomic E-state index is 12.0. The van der Waals surface area contributed by atoms with Crippen molar-refractivity contribution in [3.05, 3.63) is 11.9 Å². The normalized spacial score (nSPS) is 25.3. The molecule has 2 rings (SSSR count). The van der Waals surface area contributed by atoms with Gasteiger partial charge in [0.25, 0.3) is 0 Å². The monoisotopic (exact) mass is 257 g/mol. The maximum Gasteiger partial charge on any atom is 0.243 e. The van der Waals surface area contributed by atoms with Gasteiger partial charge >= 0.3 is 0 Å². The van der Waals surface area contributed by atoms with Gasteiger partial charge in [0.1, 0.15) is 4.90 Å². The van der Waals surface area contributed by atoms with Crippen molar-refractivity contribution in [2.24, 2.45) is 11.8 Å². The van der Waals surface area contributed by atoms with Crippen molar-refractivity contribution in [3.8, 4) is 0 Å². The van der Waals surface area contributed by atoms with E-state index < -0.39 is 10.0 Å². The second-order valence-electron chi connectivity index (χ2n) is 5.00. The van der Waals surface area contributed by atoms with Crippen molar-refractivity contribution < 1.29 is 8.42 Å². The number of sulfonamides is 1. The summed E-state index contributed by atoms with van der Waals surface area (Å²) in [4.78, 5) is 0.253. The molecule has 6 heteroatoms. The molecule has 1 aromatic heterocycles. The van der Waals surface area contributed by atoms with Crippen LogP contribution < -0.4 is 4.72 Å². The van der Waals surface area contributed by atoms with Gasteiger partial charge in [-0.3, -0.25) is 5.10 Å². The second-order valence-corrected chi connectivity index (χ2v) is 6.73. The van der Waals surface area contributed by atoms with E-state index in [1.54, 1.807) is 6.92 Å². The highest BCUT2D eigenvalue weighted by molar-refractivity contribution is 7.89. The molecule has 1 heterocycles. The van der Waals surface area contributed by atoms with Crippen LogP contribution in [-0.4, -0.2) is 25.2 Å². The van der Waals surface area contributed by atoms with Crippen molar-refractivity contribution in [2.75, 3.05) is 6.54 Å². The zero-order valence-electron chi connectivity index (χ0n) is 10.2. The molecule has 1 fully saturated rings. The van der Waals surface area contributed by atoms with E-state index in [9.17, 15) is 8.42 Å². The summed E-state index contributed by atoms with van der Waals surface area (Å²) < 4.78 is 26.6. The molecular formula is C11H19N3O2S. The Bertz CT molecular complexity index is 481. The topological polar surface area (TPSA) is 74.8 Å². The predicted octanol–water partition coefficient (Wildman–Crippen LogP) is 1.43. The smallest absolute Gasteiger partial charge is 0.243 e. The Morgan fingerprint density at radius 2 is 2.29 bits per heavy atom.